The van der Waals surface area contributed by atoms with E-state index in [9.17, 15) is 4.91 Å². The average Bonchev–Trinajstić information content (AvgIpc) is 2.31. The predicted octanol–water partition coefficient (Wildman–Crippen LogP) is 0.305. The van der Waals surface area contributed by atoms with Gasteiger partial charge in [0.2, 0.25) is 0 Å². The van der Waals surface area contributed by atoms with Crippen molar-refractivity contribution >= 4 is 0 Å². The molecule has 4 nitrogen and oxygen atoms in total. The van der Waals surface area contributed by atoms with Crippen molar-refractivity contribution in [1.29, 1.82) is 0 Å². The third kappa shape index (κ3) is 1.01. The van der Waals surface area contributed by atoms with E-state index >= 15 is 0 Å². The highest BCUT2D eigenvalue weighted by molar-refractivity contribution is 4.99. The van der Waals surface area contributed by atoms with Crippen LogP contribution in [0.5, 0.6) is 0 Å². The molecule has 2 aliphatic heterocycles. The molecule has 0 aromatic carbocycles. The minimum Gasteiger partial charge on any atom is -0.305 e. The SMILES string of the molecule is CN1CC2(CCN(N=O)C2)C1. The minimum atomic E-state index is 0.419. The summed E-state index contributed by atoms with van der Waals surface area (Å²) in [6, 6.07) is 0. The molecule has 2 heterocycles. The maximum absolute atomic E-state index is 10.2. The fourth-order valence-corrected chi connectivity index (χ4v) is 2.34. The number of likely N-dealkylation sites (tertiary alicyclic amines) is 1. The zero-order valence-corrected chi connectivity index (χ0v) is 6.79. The molecule has 0 amide bonds. The molecule has 0 saturated carbocycles. The molecule has 2 fully saturated rings. The first-order valence-corrected chi connectivity index (χ1v) is 4.01. The van der Waals surface area contributed by atoms with Gasteiger partial charge in [0.1, 0.15) is 0 Å². The monoisotopic (exact) mass is 155 g/mol. The molecule has 0 N–H and O–H groups in total. The maximum Gasteiger partial charge on any atom is 0.0524 e. The predicted molar refractivity (Wildman–Crippen MR) is 41.9 cm³/mol. The summed E-state index contributed by atoms with van der Waals surface area (Å²) in [5, 5.41) is 4.60. The third-order valence-electron chi connectivity index (χ3n) is 2.74. The van der Waals surface area contributed by atoms with Gasteiger partial charge in [-0.15, -0.1) is 4.91 Å². The second kappa shape index (κ2) is 2.17. The molecule has 2 rings (SSSR count). The highest BCUT2D eigenvalue weighted by Gasteiger charge is 2.46. The topological polar surface area (TPSA) is 35.9 Å². The van der Waals surface area contributed by atoms with Crippen LogP contribution in [0.3, 0.4) is 0 Å². The summed E-state index contributed by atoms with van der Waals surface area (Å²) in [5.74, 6) is 0. The van der Waals surface area contributed by atoms with Crippen LogP contribution in [-0.2, 0) is 0 Å². The van der Waals surface area contributed by atoms with Crippen LogP contribution in [0.4, 0.5) is 0 Å². The summed E-state index contributed by atoms with van der Waals surface area (Å²) in [6.45, 7) is 4.01. The Hall–Kier alpha value is -0.640. The largest absolute Gasteiger partial charge is 0.305 e. The molecule has 11 heavy (non-hydrogen) atoms. The van der Waals surface area contributed by atoms with Gasteiger partial charge in [0.05, 0.1) is 5.29 Å². The molecule has 0 unspecified atom stereocenters. The summed E-state index contributed by atoms with van der Waals surface area (Å²) in [5.41, 5.74) is 0.419. The molecule has 2 saturated heterocycles. The van der Waals surface area contributed by atoms with Crippen molar-refractivity contribution in [3.8, 4) is 0 Å². The summed E-state index contributed by atoms with van der Waals surface area (Å²) in [4.78, 5) is 12.5. The van der Waals surface area contributed by atoms with Gasteiger partial charge in [-0.05, 0) is 13.5 Å². The van der Waals surface area contributed by atoms with Crippen LogP contribution in [0.15, 0.2) is 5.29 Å². The van der Waals surface area contributed by atoms with Gasteiger partial charge in [0.15, 0.2) is 0 Å². The lowest BCUT2D eigenvalue weighted by Crippen LogP contribution is -2.55. The Balaban J connectivity index is 1.94. The van der Waals surface area contributed by atoms with E-state index in [0.717, 1.165) is 32.6 Å². The van der Waals surface area contributed by atoms with Gasteiger partial charge < -0.3 is 4.90 Å². The number of nitrogens with zero attached hydrogens (tertiary/aromatic N) is 3. The van der Waals surface area contributed by atoms with Crippen molar-refractivity contribution < 1.29 is 0 Å². The molecule has 4 heteroatoms. The van der Waals surface area contributed by atoms with Crippen molar-refractivity contribution in [3.05, 3.63) is 4.91 Å². The zero-order chi connectivity index (χ0) is 7.90. The van der Waals surface area contributed by atoms with Crippen LogP contribution in [0.25, 0.3) is 0 Å². The quantitative estimate of drug-likeness (QED) is 0.511. The molecule has 62 valence electrons. The molecule has 0 radical (unpaired) electrons. The highest BCUT2D eigenvalue weighted by Crippen LogP contribution is 2.38. The van der Waals surface area contributed by atoms with Gasteiger partial charge >= 0.3 is 0 Å². The van der Waals surface area contributed by atoms with E-state index in [4.69, 9.17) is 0 Å². The van der Waals surface area contributed by atoms with Crippen LogP contribution in [-0.4, -0.2) is 43.1 Å². The summed E-state index contributed by atoms with van der Waals surface area (Å²) < 4.78 is 0. The number of hydrogen-bond acceptors (Lipinski definition) is 3. The first-order valence-electron chi connectivity index (χ1n) is 4.01. The standard InChI is InChI=1S/C7H13N3O/c1-9-4-7(5-9)2-3-10(6-7)8-11/h2-6H2,1H3. The van der Waals surface area contributed by atoms with Crippen molar-refractivity contribution in [2.24, 2.45) is 10.7 Å². The Kier molecular flexibility index (Phi) is 1.39. The Morgan fingerprint density at radius 2 is 2.09 bits per heavy atom. The van der Waals surface area contributed by atoms with Gasteiger partial charge in [0, 0.05) is 31.6 Å². The lowest BCUT2D eigenvalue weighted by molar-refractivity contribution is 0.0309. The Morgan fingerprint density at radius 1 is 1.36 bits per heavy atom. The lowest BCUT2D eigenvalue weighted by atomic mass is 9.80. The average molecular weight is 155 g/mol. The van der Waals surface area contributed by atoms with E-state index in [1.807, 2.05) is 0 Å². The molecule has 1 spiro atoms. The first kappa shape index (κ1) is 7.03. The minimum absolute atomic E-state index is 0.419. The van der Waals surface area contributed by atoms with Crippen LogP contribution < -0.4 is 0 Å². The number of nitroso groups, excluding NO2 is 1. The Labute approximate surface area is 66.1 Å². The Bertz CT molecular complexity index is 177. The number of hydrogen-bond donors (Lipinski definition) is 0. The second-order valence-electron chi connectivity index (χ2n) is 3.89. The summed E-state index contributed by atoms with van der Waals surface area (Å²) in [6.07, 6.45) is 1.14. The van der Waals surface area contributed by atoms with Crippen LogP contribution in [0.1, 0.15) is 6.42 Å². The Morgan fingerprint density at radius 3 is 2.55 bits per heavy atom. The highest BCUT2D eigenvalue weighted by atomic mass is 16.3. The lowest BCUT2D eigenvalue weighted by Gasteiger charge is -2.45. The summed E-state index contributed by atoms with van der Waals surface area (Å²) >= 11 is 0. The molecule has 0 aromatic rings. The van der Waals surface area contributed by atoms with Crippen molar-refractivity contribution in [1.82, 2.24) is 9.91 Å². The number of rotatable bonds is 1. The zero-order valence-electron chi connectivity index (χ0n) is 6.79. The van der Waals surface area contributed by atoms with E-state index in [0.29, 0.717) is 5.41 Å². The van der Waals surface area contributed by atoms with Crippen LogP contribution >= 0.6 is 0 Å². The van der Waals surface area contributed by atoms with Gasteiger partial charge in [-0.1, -0.05) is 0 Å². The molecule has 2 aliphatic rings. The van der Waals surface area contributed by atoms with Crippen LogP contribution in [0.2, 0.25) is 0 Å². The molecule has 0 aromatic heterocycles. The molecule has 0 aliphatic carbocycles. The van der Waals surface area contributed by atoms with E-state index in [2.05, 4.69) is 17.2 Å². The molecule has 0 atom stereocenters. The maximum atomic E-state index is 10.2. The fraction of sp³-hybridized carbons (Fsp3) is 1.00. The van der Waals surface area contributed by atoms with E-state index in [-0.39, 0.29) is 0 Å². The molecular formula is C7H13N3O. The molecular weight excluding hydrogens is 142 g/mol. The van der Waals surface area contributed by atoms with Crippen molar-refractivity contribution in [2.75, 3.05) is 33.2 Å². The van der Waals surface area contributed by atoms with Crippen molar-refractivity contribution in [3.63, 3.8) is 0 Å². The molecule has 0 bridgehead atoms. The van der Waals surface area contributed by atoms with Gasteiger partial charge in [-0.3, -0.25) is 5.01 Å². The van der Waals surface area contributed by atoms with E-state index in [1.54, 1.807) is 5.01 Å². The summed E-state index contributed by atoms with van der Waals surface area (Å²) in [7, 11) is 2.11. The van der Waals surface area contributed by atoms with Crippen LogP contribution in [0, 0.1) is 10.3 Å². The van der Waals surface area contributed by atoms with Gasteiger partial charge in [0.25, 0.3) is 0 Å². The normalized spacial score (nSPS) is 29.0. The van der Waals surface area contributed by atoms with E-state index in [1.165, 1.54) is 0 Å². The smallest absolute Gasteiger partial charge is 0.0524 e. The van der Waals surface area contributed by atoms with Crippen molar-refractivity contribution in [2.45, 2.75) is 6.42 Å². The van der Waals surface area contributed by atoms with E-state index < -0.39 is 0 Å². The first-order chi connectivity index (χ1) is 5.24. The van der Waals surface area contributed by atoms with Gasteiger partial charge in [-0.2, -0.15) is 0 Å². The van der Waals surface area contributed by atoms with Gasteiger partial charge in [-0.25, -0.2) is 0 Å². The third-order valence-corrected chi connectivity index (χ3v) is 2.74. The second-order valence-corrected chi connectivity index (χ2v) is 3.89. The fourth-order valence-electron chi connectivity index (χ4n) is 2.34.